The van der Waals surface area contributed by atoms with Crippen LogP contribution in [-0.4, -0.2) is 13.1 Å². The maximum atomic E-state index is 5.60. The second-order valence-electron chi connectivity index (χ2n) is 8.18. The number of rotatable bonds is 12. The summed E-state index contributed by atoms with van der Waals surface area (Å²) in [4.78, 5) is 0. The molecule has 0 aromatic heterocycles. The molecule has 0 fully saturated rings. The number of aryl methyl sites for hydroxylation is 1. The highest BCUT2D eigenvalue weighted by Gasteiger charge is 2.35. The lowest BCUT2D eigenvalue weighted by molar-refractivity contribution is 0.454. The number of benzene rings is 3. The first-order valence-corrected chi connectivity index (χ1v) is 11.4. The van der Waals surface area contributed by atoms with Gasteiger partial charge in [0.25, 0.3) is 0 Å². The van der Waals surface area contributed by atoms with Crippen LogP contribution in [0.5, 0.6) is 0 Å². The van der Waals surface area contributed by atoms with Crippen LogP contribution in [0.1, 0.15) is 60.8 Å². The molecule has 0 bridgehead atoms. The lowest BCUT2D eigenvalue weighted by Crippen LogP contribution is -2.45. The van der Waals surface area contributed by atoms with Gasteiger partial charge in [0.15, 0.2) is 0 Å². The summed E-state index contributed by atoms with van der Waals surface area (Å²) in [6.07, 6.45) is 7.41. The van der Waals surface area contributed by atoms with Crippen LogP contribution in [0, 0.1) is 6.92 Å². The van der Waals surface area contributed by atoms with Crippen LogP contribution in [-0.2, 0) is 5.54 Å². The van der Waals surface area contributed by atoms with E-state index >= 15 is 0 Å². The molecule has 0 aliphatic carbocycles. The van der Waals surface area contributed by atoms with Gasteiger partial charge < -0.3 is 5.73 Å². The van der Waals surface area contributed by atoms with Gasteiger partial charge in [-0.3, -0.25) is 5.32 Å². The predicted octanol–water partition coefficient (Wildman–Crippen LogP) is 6.18. The van der Waals surface area contributed by atoms with Crippen LogP contribution < -0.4 is 11.1 Å². The van der Waals surface area contributed by atoms with Gasteiger partial charge in [-0.15, -0.1) is 0 Å². The molecule has 0 aliphatic heterocycles. The predicted molar refractivity (Wildman–Crippen MR) is 129 cm³/mol. The SMILES string of the molecule is Cc1ccc(C(NCCCCCCCCN)(c2ccccc2)c2ccccc2)cc1. The molecular formula is C28H36N2. The Labute approximate surface area is 182 Å². The van der Waals surface area contributed by atoms with E-state index in [-0.39, 0.29) is 5.54 Å². The number of nitrogens with one attached hydrogen (secondary N) is 1. The van der Waals surface area contributed by atoms with E-state index in [0.29, 0.717) is 0 Å². The Kier molecular flexibility index (Phi) is 8.67. The minimum Gasteiger partial charge on any atom is -0.330 e. The number of hydrogen-bond acceptors (Lipinski definition) is 2. The van der Waals surface area contributed by atoms with Gasteiger partial charge in [-0.05, 0) is 49.5 Å². The molecule has 158 valence electrons. The van der Waals surface area contributed by atoms with Crippen LogP contribution in [0.3, 0.4) is 0 Å². The molecule has 0 saturated heterocycles. The fraction of sp³-hybridized carbons (Fsp3) is 0.357. The third kappa shape index (κ3) is 5.59. The van der Waals surface area contributed by atoms with E-state index < -0.39 is 0 Å². The Hall–Kier alpha value is -2.42. The van der Waals surface area contributed by atoms with Crippen LogP contribution in [0.25, 0.3) is 0 Å². The molecule has 0 amide bonds. The van der Waals surface area contributed by atoms with Gasteiger partial charge in [-0.25, -0.2) is 0 Å². The summed E-state index contributed by atoms with van der Waals surface area (Å²) in [5.41, 5.74) is 10.4. The second kappa shape index (κ2) is 11.7. The summed E-state index contributed by atoms with van der Waals surface area (Å²) in [6.45, 7) is 3.94. The summed E-state index contributed by atoms with van der Waals surface area (Å²) in [6, 6.07) is 30.7. The first-order chi connectivity index (χ1) is 14.8. The standard InChI is InChI=1S/C28H36N2/c1-24-18-20-27(21-19-24)28(25-14-8-6-9-15-25,26-16-10-7-11-17-26)30-23-13-5-3-2-4-12-22-29/h6-11,14-21,30H,2-5,12-13,22-23,29H2,1H3. The summed E-state index contributed by atoms with van der Waals surface area (Å²) in [7, 11) is 0. The van der Waals surface area contributed by atoms with Crippen molar-refractivity contribution >= 4 is 0 Å². The third-order valence-electron chi connectivity index (χ3n) is 5.92. The molecular weight excluding hydrogens is 364 g/mol. The van der Waals surface area contributed by atoms with E-state index in [2.05, 4.69) is 97.2 Å². The second-order valence-corrected chi connectivity index (χ2v) is 8.18. The fourth-order valence-electron chi connectivity index (χ4n) is 4.24. The molecule has 3 aromatic rings. The first-order valence-electron chi connectivity index (χ1n) is 11.4. The van der Waals surface area contributed by atoms with Crippen molar-refractivity contribution in [1.29, 1.82) is 0 Å². The summed E-state index contributed by atoms with van der Waals surface area (Å²) < 4.78 is 0. The van der Waals surface area contributed by atoms with Gasteiger partial charge in [0.2, 0.25) is 0 Å². The Morgan fingerprint density at radius 1 is 0.600 bits per heavy atom. The Balaban J connectivity index is 1.86. The van der Waals surface area contributed by atoms with E-state index in [0.717, 1.165) is 19.5 Å². The van der Waals surface area contributed by atoms with E-state index in [1.165, 1.54) is 54.4 Å². The number of unbranched alkanes of at least 4 members (excludes halogenated alkanes) is 5. The summed E-state index contributed by atoms with van der Waals surface area (Å²) in [5, 5.41) is 3.98. The lowest BCUT2D eigenvalue weighted by atomic mass is 9.76. The Bertz CT molecular complexity index is 801. The number of hydrogen-bond donors (Lipinski definition) is 2. The van der Waals surface area contributed by atoms with Crippen LogP contribution in [0.2, 0.25) is 0 Å². The minimum absolute atomic E-state index is 0.351. The monoisotopic (exact) mass is 400 g/mol. The van der Waals surface area contributed by atoms with Crippen molar-refractivity contribution in [3.05, 3.63) is 107 Å². The van der Waals surface area contributed by atoms with Crippen molar-refractivity contribution in [2.45, 2.75) is 51.0 Å². The zero-order chi connectivity index (χ0) is 21.1. The molecule has 30 heavy (non-hydrogen) atoms. The van der Waals surface area contributed by atoms with Gasteiger partial charge in [0.05, 0.1) is 5.54 Å². The van der Waals surface area contributed by atoms with Crippen LogP contribution in [0.4, 0.5) is 0 Å². The smallest absolute Gasteiger partial charge is 0.0947 e. The average Bonchev–Trinajstić information content (AvgIpc) is 2.80. The van der Waals surface area contributed by atoms with Crippen LogP contribution >= 0.6 is 0 Å². The van der Waals surface area contributed by atoms with Crippen molar-refractivity contribution < 1.29 is 0 Å². The normalized spacial score (nSPS) is 11.5. The third-order valence-corrected chi connectivity index (χ3v) is 5.92. The average molecular weight is 401 g/mol. The molecule has 2 nitrogen and oxygen atoms in total. The van der Waals surface area contributed by atoms with Gasteiger partial charge in [-0.1, -0.05) is 116 Å². The zero-order valence-electron chi connectivity index (χ0n) is 18.3. The topological polar surface area (TPSA) is 38.0 Å². The molecule has 0 aliphatic rings. The quantitative estimate of drug-likeness (QED) is 0.281. The number of nitrogens with two attached hydrogens (primary N) is 1. The molecule has 3 N–H and O–H groups in total. The van der Waals surface area contributed by atoms with E-state index in [1.54, 1.807) is 0 Å². The Morgan fingerprint density at radius 2 is 1.07 bits per heavy atom. The highest BCUT2D eigenvalue weighted by molar-refractivity contribution is 5.49. The zero-order valence-corrected chi connectivity index (χ0v) is 18.3. The van der Waals surface area contributed by atoms with E-state index in [4.69, 9.17) is 5.73 Å². The molecule has 3 aromatic carbocycles. The lowest BCUT2D eigenvalue weighted by Gasteiger charge is -2.37. The maximum Gasteiger partial charge on any atom is 0.0947 e. The molecule has 0 saturated carbocycles. The van der Waals surface area contributed by atoms with Crippen molar-refractivity contribution in [2.24, 2.45) is 5.73 Å². The first kappa shape index (κ1) is 22.3. The van der Waals surface area contributed by atoms with Gasteiger partial charge in [-0.2, -0.15) is 0 Å². The molecule has 0 unspecified atom stereocenters. The molecule has 0 atom stereocenters. The van der Waals surface area contributed by atoms with Gasteiger partial charge >= 0.3 is 0 Å². The van der Waals surface area contributed by atoms with Crippen LogP contribution in [0.15, 0.2) is 84.9 Å². The minimum atomic E-state index is -0.351. The molecule has 0 spiro atoms. The van der Waals surface area contributed by atoms with Crippen molar-refractivity contribution in [3.63, 3.8) is 0 Å². The van der Waals surface area contributed by atoms with Crippen molar-refractivity contribution in [2.75, 3.05) is 13.1 Å². The van der Waals surface area contributed by atoms with Crippen molar-refractivity contribution in [3.8, 4) is 0 Å². The van der Waals surface area contributed by atoms with Crippen molar-refractivity contribution in [1.82, 2.24) is 5.32 Å². The maximum absolute atomic E-state index is 5.60. The molecule has 0 radical (unpaired) electrons. The van der Waals surface area contributed by atoms with Gasteiger partial charge in [0.1, 0.15) is 0 Å². The van der Waals surface area contributed by atoms with Gasteiger partial charge in [0, 0.05) is 0 Å². The molecule has 3 rings (SSSR count). The Morgan fingerprint density at radius 3 is 1.60 bits per heavy atom. The summed E-state index contributed by atoms with van der Waals surface area (Å²) >= 11 is 0. The van der Waals surface area contributed by atoms with E-state index in [1.807, 2.05) is 0 Å². The highest BCUT2D eigenvalue weighted by Crippen LogP contribution is 2.37. The largest absolute Gasteiger partial charge is 0.330 e. The van der Waals surface area contributed by atoms with E-state index in [9.17, 15) is 0 Å². The molecule has 0 heterocycles. The summed E-state index contributed by atoms with van der Waals surface area (Å²) in [5.74, 6) is 0. The fourth-order valence-corrected chi connectivity index (χ4v) is 4.24. The molecule has 2 heteroatoms. The highest BCUT2D eigenvalue weighted by atomic mass is 15.0.